The third kappa shape index (κ3) is 2.39. The molecule has 0 N–H and O–H groups in total. The van der Waals surface area contributed by atoms with Crippen LogP contribution in [0.1, 0.15) is 0 Å². The van der Waals surface area contributed by atoms with E-state index in [9.17, 15) is 62.0 Å². The minimum atomic E-state index is -8.00. The molecule has 0 unspecified atom stereocenters. The molecule has 0 aliphatic rings. The normalized spacial score (nSPS) is 16.0. The van der Waals surface area contributed by atoms with Crippen molar-refractivity contribution in [3.63, 3.8) is 0 Å². The Bertz CT molecular complexity index is 409. The van der Waals surface area contributed by atoms with E-state index in [0.717, 1.165) is 0 Å². The summed E-state index contributed by atoms with van der Waals surface area (Å²) in [5.74, 6) is -31.4. The molecule has 0 rings (SSSR count). The lowest BCUT2D eigenvalue weighted by Crippen LogP contribution is -2.69. The zero-order valence-corrected chi connectivity index (χ0v) is 8.77. The van der Waals surface area contributed by atoms with E-state index < -0.39 is 35.9 Å². The SMILES string of the molecule is O=NC(F)(F)C(F)(F)C(F)(F)C(F)(F)C(F)(F)C(F)(F)F. The zero-order valence-electron chi connectivity index (χ0n) is 8.77. The summed E-state index contributed by atoms with van der Waals surface area (Å²) in [6.07, 6.45) is -7.47. The molecular formula is C6F13NO. The van der Waals surface area contributed by atoms with Gasteiger partial charge in [0.2, 0.25) is 0 Å². The predicted octanol–water partition coefficient (Wildman–Crippen LogP) is 4.45. The van der Waals surface area contributed by atoms with Crippen molar-refractivity contribution in [1.29, 1.82) is 0 Å². The molecule has 0 amide bonds. The molecule has 15 heteroatoms. The van der Waals surface area contributed by atoms with Gasteiger partial charge in [0.1, 0.15) is 0 Å². The molecule has 0 heterocycles. The van der Waals surface area contributed by atoms with E-state index in [1.54, 1.807) is 0 Å². The Morgan fingerprint density at radius 3 is 1.00 bits per heavy atom. The number of nitroso groups, excluding NO2 is 1. The molecule has 0 fully saturated rings. The second kappa shape index (κ2) is 4.59. The van der Waals surface area contributed by atoms with Crippen molar-refractivity contribution in [3.8, 4) is 0 Å². The van der Waals surface area contributed by atoms with Crippen molar-refractivity contribution < 1.29 is 57.1 Å². The van der Waals surface area contributed by atoms with E-state index in [-0.39, 0.29) is 5.18 Å². The molecule has 0 aromatic rings. The molecule has 2 nitrogen and oxygen atoms in total. The number of halogens is 13. The van der Waals surface area contributed by atoms with Gasteiger partial charge in [0.05, 0.1) is 0 Å². The van der Waals surface area contributed by atoms with Crippen LogP contribution >= 0.6 is 0 Å². The summed E-state index contributed by atoms with van der Waals surface area (Å²) in [5.41, 5.74) is 0. The van der Waals surface area contributed by atoms with Crippen LogP contribution in [-0.2, 0) is 0 Å². The second-order valence-corrected chi connectivity index (χ2v) is 3.43. The highest BCUT2D eigenvalue weighted by Crippen LogP contribution is 2.60. The van der Waals surface area contributed by atoms with Gasteiger partial charge in [0.15, 0.2) is 0 Å². The van der Waals surface area contributed by atoms with Crippen LogP contribution in [0.2, 0.25) is 0 Å². The summed E-state index contributed by atoms with van der Waals surface area (Å²) in [4.78, 5) is 9.23. The van der Waals surface area contributed by atoms with E-state index in [1.807, 2.05) is 0 Å². The minimum Gasteiger partial charge on any atom is -0.192 e. The highest BCUT2D eigenvalue weighted by Gasteiger charge is 2.91. The monoisotopic (exact) mass is 349 g/mol. The highest BCUT2D eigenvalue weighted by atomic mass is 19.4. The Morgan fingerprint density at radius 1 is 0.476 bits per heavy atom. The molecule has 0 aliphatic heterocycles. The molecule has 0 spiro atoms. The van der Waals surface area contributed by atoms with E-state index >= 15 is 0 Å². The van der Waals surface area contributed by atoms with Gasteiger partial charge < -0.3 is 0 Å². The Morgan fingerprint density at radius 2 is 0.762 bits per heavy atom. The Kier molecular flexibility index (Phi) is 4.31. The van der Waals surface area contributed by atoms with E-state index in [4.69, 9.17) is 0 Å². The van der Waals surface area contributed by atoms with Gasteiger partial charge in [-0.1, -0.05) is 0 Å². The van der Waals surface area contributed by atoms with Crippen LogP contribution in [0.4, 0.5) is 57.1 Å². The number of hydrogen-bond acceptors (Lipinski definition) is 2. The van der Waals surface area contributed by atoms with Crippen molar-refractivity contribution in [2.45, 2.75) is 35.9 Å². The first-order chi connectivity index (χ1) is 8.81. The third-order valence-corrected chi connectivity index (χ3v) is 2.03. The maximum absolute atomic E-state index is 12.5. The van der Waals surface area contributed by atoms with E-state index in [0.29, 0.717) is 0 Å². The average molecular weight is 349 g/mol. The maximum Gasteiger partial charge on any atom is 0.460 e. The van der Waals surface area contributed by atoms with Crippen LogP contribution in [0.3, 0.4) is 0 Å². The fourth-order valence-electron chi connectivity index (χ4n) is 0.819. The van der Waals surface area contributed by atoms with Crippen molar-refractivity contribution in [2.75, 3.05) is 0 Å². The quantitative estimate of drug-likeness (QED) is 0.410. The third-order valence-electron chi connectivity index (χ3n) is 2.03. The van der Waals surface area contributed by atoms with Crippen molar-refractivity contribution in [2.24, 2.45) is 5.18 Å². The van der Waals surface area contributed by atoms with Gasteiger partial charge in [-0.25, -0.2) is 0 Å². The molecule has 126 valence electrons. The van der Waals surface area contributed by atoms with Gasteiger partial charge >= 0.3 is 35.9 Å². The topological polar surface area (TPSA) is 29.4 Å². The van der Waals surface area contributed by atoms with Gasteiger partial charge in [0.25, 0.3) is 0 Å². The van der Waals surface area contributed by atoms with Gasteiger partial charge in [-0.15, -0.1) is 4.91 Å². The van der Waals surface area contributed by atoms with E-state index in [1.165, 1.54) is 0 Å². The fraction of sp³-hybridized carbons (Fsp3) is 1.00. The molecule has 0 saturated heterocycles. The van der Waals surface area contributed by atoms with Crippen molar-refractivity contribution in [3.05, 3.63) is 4.91 Å². The first-order valence-corrected chi connectivity index (χ1v) is 4.11. The van der Waals surface area contributed by atoms with Gasteiger partial charge in [0, 0.05) is 5.18 Å². The Balaban J connectivity index is 6.20. The lowest BCUT2D eigenvalue weighted by Gasteiger charge is -2.37. The molecule has 0 saturated carbocycles. The molecular weight excluding hydrogens is 349 g/mol. The standard InChI is InChI=1S/C6F13NO/c7-1(8,3(11,12)5(15,16)17)2(9,10)4(13,14)6(18,19)20-21. The lowest BCUT2D eigenvalue weighted by atomic mass is 9.97. The van der Waals surface area contributed by atoms with E-state index in [2.05, 4.69) is 0 Å². The molecule has 0 atom stereocenters. The van der Waals surface area contributed by atoms with Crippen LogP contribution in [0, 0.1) is 4.91 Å². The summed E-state index contributed by atoms with van der Waals surface area (Å²) >= 11 is 0. The smallest absolute Gasteiger partial charge is 0.192 e. The maximum atomic E-state index is 12.5. The first-order valence-electron chi connectivity index (χ1n) is 4.11. The molecule has 0 bridgehead atoms. The minimum absolute atomic E-state index is 0.0433. The van der Waals surface area contributed by atoms with Gasteiger partial charge in [-0.3, -0.25) is 0 Å². The first kappa shape index (κ1) is 19.7. The summed E-state index contributed by atoms with van der Waals surface area (Å²) in [7, 11) is 0. The average Bonchev–Trinajstić information content (AvgIpc) is 2.26. The van der Waals surface area contributed by atoms with Crippen LogP contribution < -0.4 is 0 Å². The lowest BCUT2D eigenvalue weighted by molar-refractivity contribution is -0.439. The predicted molar refractivity (Wildman–Crippen MR) is 36.6 cm³/mol. The van der Waals surface area contributed by atoms with Gasteiger partial charge in [-0.2, -0.15) is 57.1 Å². The number of alkyl halides is 13. The number of hydrogen-bond donors (Lipinski definition) is 0. The zero-order chi connectivity index (χ0) is 17.7. The van der Waals surface area contributed by atoms with Crippen molar-refractivity contribution in [1.82, 2.24) is 0 Å². The summed E-state index contributed by atoms with van der Waals surface area (Å²) in [6, 6.07) is -6.87. The summed E-state index contributed by atoms with van der Waals surface area (Å²) < 4.78 is 158. The summed E-state index contributed by atoms with van der Waals surface area (Å²) in [5, 5.41) is 0.0433. The highest BCUT2D eigenvalue weighted by molar-refractivity contribution is 5.09. The van der Waals surface area contributed by atoms with Crippen molar-refractivity contribution >= 4 is 0 Å². The van der Waals surface area contributed by atoms with Crippen LogP contribution in [0.25, 0.3) is 0 Å². The largest absolute Gasteiger partial charge is 0.460 e. The van der Waals surface area contributed by atoms with Crippen LogP contribution in [-0.4, -0.2) is 35.9 Å². The van der Waals surface area contributed by atoms with Gasteiger partial charge in [-0.05, 0) is 0 Å². The molecule has 21 heavy (non-hydrogen) atoms. The Labute approximate surface area is 104 Å². The second-order valence-electron chi connectivity index (χ2n) is 3.43. The number of rotatable bonds is 5. The molecule has 0 radical (unpaired) electrons. The van der Waals surface area contributed by atoms with Crippen LogP contribution in [0.15, 0.2) is 5.18 Å². The number of nitrogens with zero attached hydrogens (tertiary/aromatic N) is 1. The molecule has 0 aromatic heterocycles. The molecule has 0 aromatic carbocycles. The summed E-state index contributed by atoms with van der Waals surface area (Å²) in [6.45, 7) is 0. The fourth-order valence-corrected chi connectivity index (χ4v) is 0.819. The molecule has 0 aliphatic carbocycles. The Hall–Kier alpha value is -1.31. The van der Waals surface area contributed by atoms with Crippen LogP contribution in [0.5, 0.6) is 0 Å².